The quantitative estimate of drug-likeness (QED) is 0.377. The molecule has 3 nitrogen and oxygen atoms in total. The molecule has 1 N–H and O–H groups in total. The fourth-order valence-electron chi connectivity index (χ4n) is 3.08. The van der Waals surface area contributed by atoms with Gasteiger partial charge in [-0.2, -0.15) is 0 Å². The highest BCUT2D eigenvalue weighted by atomic mass is 35.5. The molecule has 0 amide bonds. The molecule has 0 aliphatic carbocycles. The zero-order chi connectivity index (χ0) is 19.7. The van der Waals surface area contributed by atoms with E-state index in [0.717, 1.165) is 5.56 Å². The average molecular weight is 431 g/mol. The Bertz CT molecular complexity index is 1110. The van der Waals surface area contributed by atoms with Gasteiger partial charge < -0.3 is 9.52 Å². The van der Waals surface area contributed by atoms with Crippen LogP contribution in [0.1, 0.15) is 17.2 Å². The maximum Gasteiger partial charge on any atom is 0.140 e. The molecule has 140 valence electrons. The predicted molar refractivity (Wildman–Crippen MR) is 113 cm³/mol. The number of hydrogen-bond donors (Lipinski definition) is 1. The fourth-order valence-corrected chi connectivity index (χ4v) is 3.72. The van der Waals surface area contributed by atoms with Gasteiger partial charge in [0, 0.05) is 55.3 Å². The molecular weight excluding hydrogens is 417 g/mol. The van der Waals surface area contributed by atoms with Crippen molar-refractivity contribution in [1.82, 2.24) is 4.98 Å². The van der Waals surface area contributed by atoms with Crippen LogP contribution in [0.3, 0.4) is 0 Å². The normalized spacial score (nSPS) is 12.1. The van der Waals surface area contributed by atoms with Gasteiger partial charge in [-0.1, -0.05) is 46.9 Å². The highest BCUT2D eigenvalue weighted by Gasteiger charge is 2.25. The summed E-state index contributed by atoms with van der Waals surface area (Å²) < 4.78 is 5.89. The maximum absolute atomic E-state index is 11.2. The fraction of sp³-hybridized carbons (Fsp3) is 0.0455. The molecule has 0 aliphatic heterocycles. The number of benzene rings is 2. The number of aliphatic hydroxyl groups is 1. The van der Waals surface area contributed by atoms with Crippen LogP contribution in [-0.4, -0.2) is 10.1 Å². The van der Waals surface area contributed by atoms with Crippen LogP contribution >= 0.6 is 34.8 Å². The third-order valence-corrected chi connectivity index (χ3v) is 5.23. The lowest BCUT2D eigenvalue weighted by Crippen LogP contribution is -2.02. The lowest BCUT2D eigenvalue weighted by atomic mass is 9.93. The number of furan rings is 1. The summed E-state index contributed by atoms with van der Waals surface area (Å²) in [5.41, 5.74) is 3.43. The van der Waals surface area contributed by atoms with Gasteiger partial charge in [0.15, 0.2) is 0 Å². The van der Waals surface area contributed by atoms with E-state index in [2.05, 4.69) is 4.98 Å². The second kappa shape index (κ2) is 7.98. The van der Waals surface area contributed by atoms with Crippen LogP contribution in [0.15, 0.2) is 77.7 Å². The minimum absolute atomic E-state index is 0.468. The molecule has 2 aromatic carbocycles. The minimum Gasteiger partial charge on any atom is -0.463 e. The third-order valence-electron chi connectivity index (χ3n) is 4.43. The predicted octanol–water partition coefficient (Wildman–Crippen LogP) is 7.05. The van der Waals surface area contributed by atoms with E-state index in [4.69, 9.17) is 39.2 Å². The van der Waals surface area contributed by atoms with Crippen LogP contribution < -0.4 is 0 Å². The van der Waals surface area contributed by atoms with E-state index in [9.17, 15) is 5.11 Å². The van der Waals surface area contributed by atoms with Crippen LogP contribution in [-0.2, 0) is 0 Å². The molecule has 1 atom stereocenters. The Labute approximate surface area is 177 Å². The van der Waals surface area contributed by atoms with Crippen molar-refractivity contribution in [3.63, 3.8) is 0 Å². The molecule has 4 aromatic rings. The summed E-state index contributed by atoms with van der Waals surface area (Å²) in [6.45, 7) is 0. The summed E-state index contributed by atoms with van der Waals surface area (Å²) in [6.07, 6.45) is 3.91. The van der Waals surface area contributed by atoms with Gasteiger partial charge in [-0.25, -0.2) is 0 Å². The lowest BCUT2D eigenvalue weighted by Gasteiger charge is -2.15. The second-order valence-electron chi connectivity index (χ2n) is 6.21. The molecule has 0 spiro atoms. The number of aliphatic hydroxyl groups excluding tert-OH is 1. The van der Waals surface area contributed by atoms with Crippen molar-refractivity contribution in [3.05, 3.63) is 99.4 Å². The summed E-state index contributed by atoms with van der Waals surface area (Å²) in [5.74, 6) is 0.536. The number of aromatic nitrogens is 1. The first-order valence-corrected chi connectivity index (χ1v) is 9.58. The summed E-state index contributed by atoms with van der Waals surface area (Å²) in [6, 6.07) is 16.0. The van der Waals surface area contributed by atoms with Crippen LogP contribution in [0.2, 0.25) is 15.1 Å². The lowest BCUT2D eigenvalue weighted by molar-refractivity contribution is 0.220. The summed E-state index contributed by atoms with van der Waals surface area (Å²) in [4.78, 5) is 4.11. The van der Waals surface area contributed by atoms with E-state index < -0.39 is 6.10 Å². The first-order valence-electron chi connectivity index (χ1n) is 8.45. The Morgan fingerprint density at radius 3 is 2.32 bits per heavy atom. The number of hydrogen-bond acceptors (Lipinski definition) is 3. The van der Waals surface area contributed by atoms with E-state index in [1.165, 1.54) is 0 Å². The first kappa shape index (κ1) is 19.0. The number of pyridine rings is 1. The van der Waals surface area contributed by atoms with Crippen LogP contribution in [0.4, 0.5) is 0 Å². The molecule has 6 heteroatoms. The highest BCUT2D eigenvalue weighted by Crippen LogP contribution is 2.43. The average Bonchev–Trinajstić information content (AvgIpc) is 3.13. The zero-order valence-electron chi connectivity index (χ0n) is 14.4. The molecule has 0 bridgehead atoms. The molecule has 0 fully saturated rings. The van der Waals surface area contributed by atoms with Crippen LogP contribution in [0.5, 0.6) is 0 Å². The Kier molecular flexibility index (Phi) is 5.42. The molecule has 0 saturated carbocycles. The SMILES string of the molecule is O[C@H](c1cccnc1)c1c(-c2ccc(Cl)cc2Cl)coc1-c1ccc(Cl)cc1. The first-order chi connectivity index (χ1) is 13.5. The Morgan fingerprint density at radius 2 is 1.64 bits per heavy atom. The Hall–Kier alpha value is -2.30. The van der Waals surface area contributed by atoms with Gasteiger partial charge in [-0.15, -0.1) is 0 Å². The molecule has 0 aliphatic rings. The zero-order valence-corrected chi connectivity index (χ0v) is 16.7. The van der Waals surface area contributed by atoms with Crippen LogP contribution in [0.25, 0.3) is 22.5 Å². The maximum atomic E-state index is 11.2. The van der Waals surface area contributed by atoms with Crippen molar-refractivity contribution in [2.75, 3.05) is 0 Å². The van der Waals surface area contributed by atoms with Crippen molar-refractivity contribution in [2.45, 2.75) is 6.10 Å². The van der Waals surface area contributed by atoms with E-state index in [0.29, 0.717) is 43.1 Å². The standard InChI is InChI=1S/C22H14Cl3NO2/c23-15-5-3-13(4-6-15)22-20(21(27)14-2-1-9-26-11-14)18(12-28-22)17-8-7-16(24)10-19(17)25/h1-12,21,27H/t21-/m1/s1. The second-order valence-corrected chi connectivity index (χ2v) is 7.49. The summed E-state index contributed by atoms with van der Waals surface area (Å²) in [7, 11) is 0. The molecule has 4 rings (SSSR count). The van der Waals surface area contributed by atoms with Gasteiger partial charge in [-0.3, -0.25) is 4.98 Å². The van der Waals surface area contributed by atoms with Gasteiger partial charge in [0.25, 0.3) is 0 Å². The van der Waals surface area contributed by atoms with E-state index in [1.807, 2.05) is 18.2 Å². The van der Waals surface area contributed by atoms with Crippen LogP contribution in [0, 0.1) is 0 Å². The third kappa shape index (κ3) is 3.67. The highest BCUT2D eigenvalue weighted by molar-refractivity contribution is 6.36. The van der Waals surface area contributed by atoms with Gasteiger partial charge in [0.05, 0.1) is 6.26 Å². The molecular formula is C22H14Cl3NO2. The smallest absolute Gasteiger partial charge is 0.140 e. The monoisotopic (exact) mass is 429 g/mol. The van der Waals surface area contributed by atoms with Gasteiger partial charge in [0.2, 0.25) is 0 Å². The number of nitrogens with zero attached hydrogens (tertiary/aromatic N) is 1. The molecule has 0 unspecified atom stereocenters. The largest absolute Gasteiger partial charge is 0.463 e. The Morgan fingerprint density at radius 1 is 0.893 bits per heavy atom. The van der Waals surface area contributed by atoms with Crippen molar-refractivity contribution in [2.24, 2.45) is 0 Å². The molecule has 28 heavy (non-hydrogen) atoms. The summed E-state index contributed by atoms with van der Waals surface area (Å²) in [5, 5.41) is 12.8. The van der Waals surface area contributed by atoms with Crippen molar-refractivity contribution in [3.8, 4) is 22.5 Å². The number of rotatable bonds is 4. The van der Waals surface area contributed by atoms with E-state index in [-0.39, 0.29) is 0 Å². The van der Waals surface area contributed by atoms with E-state index >= 15 is 0 Å². The van der Waals surface area contributed by atoms with Crippen molar-refractivity contribution < 1.29 is 9.52 Å². The van der Waals surface area contributed by atoms with Gasteiger partial charge in [-0.05, 0) is 42.5 Å². The molecule has 0 saturated heterocycles. The van der Waals surface area contributed by atoms with Crippen molar-refractivity contribution in [1.29, 1.82) is 0 Å². The van der Waals surface area contributed by atoms with Gasteiger partial charge >= 0.3 is 0 Å². The van der Waals surface area contributed by atoms with Crippen molar-refractivity contribution >= 4 is 34.8 Å². The van der Waals surface area contributed by atoms with E-state index in [1.54, 1.807) is 55.1 Å². The topological polar surface area (TPSA) is 46.3 Å². The molecule has 2 aromatic heterocycles. The Balaban J connectivity index is 1.93. The number of halogens is 3. The molecule has 0 radical (unpaired) electrons. The van der Waals surface area contributed by atoms with Gasteiger partial charge in [0.1, 0.15) is 11.9 Å². The minimum atomic E-state index is -0.958. The molecule has 2 heterocycles. The summed E-state index contributed by atoms with van der Waals surface area (Å²) >= 11 is 18.5.